The molecule has 0 aromatic carbocycles. The fourth-order valence-electron chi connectivity index (χ4n) is 2.58. The average molecular weight is 444 g/mol. The topological polar surface area (TPSA) is 22.1 Å². The van der Waals surface area contributed by atoms with Gasteiger partial charge in [-0.05, 0) is 40.9 Å². The smallest absolute Gasteiger partial charge is 0.175 e. The van der Waals surface area contributed by atoms with Gasteiger partial charge in [0.05, 0.1) is 0 Å². The lowest BCUT2D eigenvalue weighted by Gasteiger charge is -2.40. The molecule has 0 radical (unpaired) electrons. The minimum Gasteiger partial charge on any atom is -0.357 e. The second-order valence-electron chi connectivity index (χ2n) is 5.70. The van der Waals surface area contributed by atoms with Crippen molar-refractivity contribution in [3.63, 3.8) is 0 Å². The van der Waals surface area contributed by atoms with Gasteiger partial charge in [0.1, 0.15) is 0 Å². The van der Waals surface area contributed by atoms with Crippen molar-refractivity contribution in [2.75, 3.05) is 33.7 Å². The van der Waals surface area contributed by atoms with Crippen LogP contribution >= 0.6 is 45.6 Å². The molecule has 2 aliphatic heterocycles. The van der Waals surface area contributed by atoms with Crippen LogP contribution in [0.25, 0.3) is 0 Å². The van der Waals surface area contributed by atoms with Crippen LogP contribution < -0.4 is 0 Å². The Labute approximate surface area is 154 Å². The Morgan fingerprint density at radius 2 is 1.95 bits per heavy atom. The van der Waals surface area contributed by atoms with E-state index in [4.69, 9.17) is 4.99 Å². The number of hydrogen-bond donors (Lipinski definition) is 0. The van der Waals surface area contributed by atoms with Gasteiger partial charge in [0, 0.05) is 33.7 Å². The summed E-state index contributed by atoms with van der Waals surface area (Å²) in [6.07, 6.45) is 8.00. The Morgan fingerprint density at radius 1 is 1.19 bits per heavy atom. The lowest BCUT2D eigenvalue weighted by atomic mass is 10.2. The molecule has 0 aromatic heterocycles. The van der Waals surface area contributed by atoms with E-state index in [2.05, 4.69) is 35.9 Å². The van der Waals surface area contributed by atoms with Gasteiger partial charge < -0.3 is 4.90 Å². The predicted octanol–water partition coefficient (Wildman–Crippen LogP) is 4.09. The van der Waals surface area contributed by atoms with E-state index in [1.165, 1.54) is 51.6 Å². The van der Waals surface area contributed by atoms with Crippen LogP contribution in [0.15, 0.2) is 4.99 Å². The Hall–Kier alpha value is 0.820. The maximum atomic E-state index is 4.86. The van der Waals surface area contributed by atoms with E-state index in [0.29, 0.717) is 0 Å². The molecule has 4 nitrogen and oxygen atoms in total. The highest BCUT2D eigenvalue weighted by molar-refractivity contribution is 14.0. The Bertz CT molecular complexity index is 328. The molecule has 1 fully saturated rings. The van der Waals surface area contributed by atoms with Gasteiger partial charge in [0.25, 0.3) is 0 Å². The highest BCUT2D eigenvalue weighted by Crippen LogP contribution is 2.39. The van der Waals surface area contributed by atoms with Gasteiger partial charge in [-0.25, -0.2) is 15.0 Å². The van der Waals surface area contributed by atoms with Crippen LogP contribution in [-0.2, 0) is 0 Å². The number of hydrazine groups is 1. The van der Waals surface area contributed by atoms with Crippen LogP contribution in [0.2, 0.25) is 0 Å². The second kappa shape index (κ2) is 10.6. The van der Waals surface area contributed by atoms with Gasteiger partial charge in [0.15, 0.2) is 10.7 Å². The zero-order chi connectivity index (χ0) is 14.4. The SMILES string of the molecule is CCCCCCN1CCCCN1C1N=C(N(C)C)SS1.I. The van der Waals surface area contributed by atoms with E-state index in [1.54, 1.807) is 0 Å². The van der Waals surface area contributed by atoms with Crippen LogP contribution in [0.3, 0.4) is 0 Å². The first kappa shape index (κ1) is 19.9. The molecule has 1 unspecified atom stereocenters. The molecule has 0 amide bonds. The summed E-state index contributed by atoms with van der Waals surface area (Å²) in [6.45, 7) is 5.85. The van der Waals surface area contributed by atoms with E-state index in [0.717, 1.165) is 11.7 Å². The molecular formula is C14H29IN4S2. The summed E-state index contributed by atoms with van der Waals surface area (Å²) in [7, 11) is 7.85. The third-order valence-corrected chi connectivity index (χ3v) is 6.24. The zero-order valence-corrected chi connectivity index (χ0v) is 17.4. The zero-order valence-electron chi connectivity index (χ0n) is 13.5. The van der Waals surface area contributed by atoms with Gasteiger partial charge in [-0.2, -0.15) is 0 Å². The molecule has 21 heavy (non-hydrogen) atoms. The molecule has 2 rings (SSSR count). The van der Waals surface area contributed by atoms with Gasteiger partial charge in [-0.3, -0.25) is 0 Å². The molecule has 2 aliphatic rings. The number of amidine groups is 1. The molecule has 2 heterocycles. The third kappa shape index (κ3) is 6.08. The average Bonchev–Trinajstić information content (AvgIpc) is 2.94. The van der Waals surface area contributed by atoms with Crippen LogP contribution in [0, 0.1) is 0 Å². The number of rotatable bonds is 6. The summed E-state index contributed by atoms with van der Waals surface area (Å²) >= 11 is 0. The van der Waals surface area contributed by atoms with E-state index in [1.807, 2.05) is 21.6 Å². The number of hydrogen-bond acceptors (Lipinski definition) is 6. The number of halogens is 1. The van der Waals surface area contributed by atoms with E-state index < -0.39 is 0 Å². The highest BCUT2D eigenvalue weighted by atomic mass is 127. The Morgan fingerprint density at radius 3 is 2.62 bits per heavy atom. The number of unbranched alkanes of at least 4 members (excludes halogenated alkanes) is 3. The molecule has 0 saturated carbocycles. The minimum atomic E-state index is 0. The molecule has 1 atom stereocenters. The monoisotopic (exact) mass is 444 g/mol. The van der Waals surface area contributed by atoms with Crippen LogP contribution in [0.5, 0.6) is 0 Å². The second-order valence-corrected chi connectivity index (χ2v) is 7.92. The van der Waals surface area contributed by atoms with Crippen molar-refractivity contribution in [2.45, 2.75) is 50.9 Å². The molecule has 0 aliphatic carbocycles. The molecule has 0 bridgehead atoms. The quantitative estimate of drug-likeness (QED) is 0.349. The van der Waals surface area contributed by atoms with Crippen LogP contribution in [-0.4, -0.2) is 59.3 Å². The van der Waals surface area contributed by atoms with E-state index in [-0.39, 0.29) is 29.5 Å². The van der Waals surface area contributed by atoms with Crippen LogP contribution in [0.1, 0.15) is 45.4 Å². The molecule has 0 aromatic rings. The molecular weight excluding hydrogens is 415 g/mol. The largest absolute Gasteiger partial charge is 0.357 e. The van der Waals surface area contributed by atoms with Gasteiger partial charge in [0.2, 0.25) is 0 Å². The standard InChI is InChI=1S/C14H28N4S2.HI/c1-4-5-6-7-10-17-11-8-9-12-18(17)14-15-13(16(2)3)19-20-14;/h14H,4-12H2,1-3H3;1H. The van der Waals surface area contributed by atoms with E-state index >= 15 is 0 Å². The first-order valence-electron chi connectivity index (χ1n) is 7.82. The molecule has 7 heteroatoms. The van der Waals surface area contributed by atoms with Gasteiger partial charge in [-0.15, -0.1) is 24.0 Å². The predicted molar refractivity (Wildman–Crippen MR) is 107 cm³/mol. The summed E-state index contributed by atoms with van der Waals surface area (Å²) in [5.41, 5.74) is 0.281. The first-order chi connectivity index (χ1) is 9.72. The molecule has 1 saturated heterocycles. The van der Waals surface area contributed by atoms with Gasteiger partial charge in [-0.1, -0.05) is 26.2 Å². The van der Waals surface area contributed by atoms with Crippen molar-refractivity contribution in [1.82, 2.24) is 14.9 Å². The lowest BCUT2D eigenvalue weighted by Crippen LogP contribution is -2.50. The lowest BCUT2D eigenvalue weighted by molar-refractivity contribution is -0.0581. The fraction of sp³-hybridized carbons (Fsp3) is 0.929. The summed E-state index contributed by atoms with van der Waals surface area (Å²) in [4.78, 5) is 6.98. The summed E-state index contributed by atoms with van der Waals surface area (Å²) < 4.78 is 0. The highest BCUT2D eigenvalue weighted by Gasteiger charge is 2.31. The van der Waals surface area contributed by atoms with Crippen molar-refractivity contribution in [3.8, 4) is 0 Å². The third-order valence-electron chi connectivity index (χ3n) is 3.75. The van der Waals surface area contributed by atoms with Crippen molar-refractivity contribution in [2.24, 2.45) is 4.99 Å². The normalized spacial score (nSPS) is 23.8. The summed E-state index contributed by atoms with van der Waals surface area (Å²) in [6, 6.07) is 0. The Kier molecular flexibility index (Phi) is 10.00. The van der Waals surface area contributed by atoms with Crippen molar-refractivity contribution in [3.05, 3.63) is 0 Å². The maximum absolute atomic E-state index is 4.86. The first-order valence-corrected chi connectivity index (χ1v) is 10.0. The minimum absolute atomic E-state index is 0. The van der Waals surface area contributed by atoms with Gasteiger partial charge >= 0.3 is 0 Å². The van der Waals surface area contributed by atoms with E-state index in [9.17, 15) is 0 Å². The molecule has 0 N–H and O–H groups in total. The fourth-order valence-corrected chi connectivity index (χ4v) is 5.11. The molecule has 124 valence electrons. The maximum Gasteiger partial charge on any atom is 0.175 e. The van der Waals surface area contributed by atoms with Crippen LogP contribution in [0.4, 0.5) is 0 Å². The Balaban J connectivity index is 0.00000220. The van der Waals surface area contributed by atoms with Crippen molar-refractivity contribution >= 4 is 50.7 Å². The number of aliphatic imine (C=N–C) groups is 1. The summed E-state index contributed by atoms with van der Waals surface area (Å²) in [5.74, 6) is 0. The summed E-state index contributed by atoms with van der Waals surface area (Å²) in [5, 5.41) is 6.21. The van der Waals surface area contributed by atoms with Crippen molar-refractivity contribution in [1.29, 1.82) is 0 Å². The number of nitrogens with zero attached hydrogens (tertiary/aromatic N) is 4. The molecule has 0 spiro atoms. The van der Waals surface area contributed by atoms with Crippen molar-refractivity contribution < 1.29 is 0 Å².